The van der Waals surface area contributed by atoms with Crippen molar-refractivity contribution >= 4 is 11.6 Å². The van der Waals surface area contributed by atoms with Crippen LogP contribution in [0.25, 0.3) is 0 Å². The first-order valence-electron chi connectivity index (χ1n) is 5.31. The second-order valence-corrected chi connectivity index (χ2v) is 3.81. The smallest absolute Gasteiger partial charge is 0.128 e. The molecule has 0 saturated heterocycles. The summed E-state index contributed by atoms with van der Waals surface area (Å²) in [6, 6.07) is 0. The number of nitrogens with one attached hydrogen (secondary N) is 1. The summed E-state index contributed by atoms with van der Waals surface area (Å²) in [5, 5.41) is 12.4. The van der Waals surface area contributed by atoms with Crippen LogP contribution in [0.2, 0.25) is 5.15 Å². The summed E-state index contributed by atoms with van der Waals surface area (Å²) in [5.74, 6) is 0.918. The Morgan fingerprint density at radius 1 is 1.56 bits per heavy atom. The molecular weight excluding hydrogens is 230 g/mol. The molecule has 1 rings (SSSR count). The molecule has 0 unspecified atom stereocenters. The van der Waals surface area contributed by atoms with Crippen molar-refractivity contribution in [3.63, 3.8) is 0 Å². The van der Waals surface area contributed by atoms with Gasteiger partial charge in [0.25, 0.3) is 0 Å². The van der Waals surface area contributed by atoms with Crippen LogP contribution < -0.4 is 5.32 Å². The van der Waals surface area contributed by atoms with Crippen LogP contribution in [-0.4, -0.2) is 41.0 Å². The highest BCUT2D eigenvalue weighted by atomic mass is 35.5. The van der Waals surface area contributed by atoms with Crippen LogP contribution in [0, 0.1) is 0 Å². The van der Waals surface area contributed by atoms with E-state index in [1.54, 1.807) is 6.20 Å². The maximum atomic E-state index is 8.49. The molecule has 0 aromatic carbocycles. The third-order valence-corrected chi connectivity index (χ3v) is 2.54. The standard InChI is InChI=1S/C10H18ClN3O2/c1-14-9(11)7-13-10(14)8-12-3-2-5-16-6-4-15/h7,12,15H,2-6,8H2,1H3. The summed E-state index contributed by atoms with van der Waals surface area (Å²) < 4.78 is 6.98. The lowest BCUT2D eigenvalue weighted by molar-refractivity contribution is 0.0907. The van der Waals surface area contributed by atoms with Crippen molar-refractivity contribution in [2.75, 3.05) is 26.4 Å². The van der Waals surface area contributed by atoms with Gasteiger partial charge in [-0.15, -0.1) is 0 Å². The first-order chi connectivity index (χ1) is 7.75. The Kier molecular flexibility index (Phi) is 6.40. The number of aliphatic hydroxyl groups excluding tert-OH is 1. The van der Waals surface area contributed by atoms with Crippen molar-refractivity contribution in [3.05, 3.63) is 17.2 Å². The molecule has 1 aromatic rings. The van der Waals surface area contributed by atoms with Crippen LogP contribution in [-0.2, 0) is 18.3 Å². The molecule has 16 heavy (non-hydrogen) atoms. The zero-order valence-electron chi connectivity index (χ0n) is 9.45. The third kappa shape index (κ3) is 4.49. The van der Waals surface area contributed by atoms with Crippen molar-refractivity contribution < 1.29 is 9.84 Å². The van der Waals surface area contributed by atoms with Gasteiger partial charge in [0.05, 0.1) is 26.0 Å². The Labute approximate surface area is 100 Å². The topological polar surface area (TPSA) is 59.3 Å². The maximum absolute atomic E-state index is 8.49. The summed E-state index contributed by atoms with van der Waals surface area (Å²) in [6.45, 7) is 2.71. The molecule has 0 amide bonds. The molecule has 92 valence electrons. The number of imidazole rings is 1. The molecule has 0 aliphatic carbocycles. The lowest BCUT2D eigenvalue weighted by Crippen LogP contribution is -2.19. The summed E-state index contributed by atoms with van der Waals surface area (Å²) >= 11 is 5.86. The molecule has 5 nitrogen and oxygen atoms in total. The van der Waals surface area contributed by atoms with Crippen LogP contribution >= 0.6 is 11.6 Å². The minimum atomic E-state index is 0.0825. The predicted molar refractivity (Wildman–Crippen MR) is 62.4 cm³/mol. The molecule has 0 aliphatic rings. The number of nitrogens with zero attached hydrogens (tertiary/aromatic N) is 2. The average molecular weight is 248 g/mol. The fraction of sp³-hybridized carbons (Fsp3) is 0.700. The number of ether oxygens (including phenoxy) is 1. The highest BCUT2D eigenvalue weighted by Crippen LogP contribution is 2.08. The van der Waals surface area contributed by atoms with Crippen LogP contribution in [0.4, 0.5) is 0 Å². The quantitative estimate of drug-likeness (QED) is 0.660. The molecule has 2 N–H and O–H groups in total. The van der Waals surface area contributed by atoms with Gasteiger partial charge in [-0.3, -0.25) is 0 Å². The van der Waals surface area contributed by atoms with Gasteiger partial charge >= 0.3 is 0 Å². The van der Waals surface area contributed by atoms with Crippen LogP contribution in [0.5, 0.6) is 0 Å². The minimum absolute atomic E-state index is 0.0825. The first kappa shape index (κ1) is 13.4. The third-order valence-electron chi connectivity index (χ3n) is 2.19. The van der Waals surface area contributed by atoms with Gasteiger partial charge in [-0.05, 0) is 13.0 Å². The number of halogens is 1. The molecule has 0 atom stereocenters. The van der Waals surface area contributed by atoms with Gasteiger partial charge in [0.1, 0.15) is 11.0 Å². The number of hydrogen-bond acceptors (Lipinski definition) is 4. The van der Waals surface area contributed by atoms with Gasteiger partial charge < -0.3 is 19.7 Å². The maximum Gasteiger partial charge on any atom is 0.128 e. The van der Waals surface area contributed by atoms with E-state index in [1.165, 1.54) is 0 Å². The van der Waals surface area contributed by atoms with E-state index in [9.17, 15) is 0 Å². The Morgan fingerprint density at radius 2 is 2.38 bits per heavy atom. The Hall–Kier alpha value is -0.620. The van der Waals surface area contributed by atoms with E-state index in [-0.39, 0.29) is 6.61 Å². The Morgan fingerprint density at radius 3 is 3.00 bits per heavy atom. The van der Waals surface area contributed by atoms with E-state index in [4.69, 9.17) is 21.4 Å². The van der Waals surface area contributed by atoms with Gasteiger partial charge in [0.15, 0.2) is 0 Å². The van der Waals surface area contributed by atoms with Crippen molar-refractivity contribution in [3.8, 4) is 0 Å². The van der Waals surface area contributed by atoms with Crippen molar-refractivity contribution in [2.24, 2.45) is 7.05 Å². The van der Waals surface area contributed by atoms with Gasteiger partial charge in [-0.2, -0.15) is 0 Å². The highest BCUT2D eigenvalue weighted by Gasteiger charge is 2.02. The normalized spacial score (nSPS) is 10.9. The van der Waals surface area contributed by atoms with Crippen LogP contribution in [0.3, 0.4) is 0 Å². The van der Waals surface area contributed by atoms with Crippen molar-refractivity contribution in [1.82, 2.24) is 14.9 Å². The molecule has 1 heterocycles. The summed E-state index contributed by atoms with van der Waals surface area (Å²) in [5.41, 5.74) is 0. The molecule has 1 aromatic heterocycles. The molecule has 0 saturated carbocycles. The highest BCUT2D eigenvalue weighted by molar-refractivity contribution is 6.29. The number of aromatic nitrogens is 2. The Balaban J connectivity index is 2.05. The molecule has 0 spiro atoms. The van der Waals surface area contributed by atoms with Gasteiger partial charge in [0, 0.05) is 13.7 Å². The van der Waals surface area contributed by atoms with E-state index in [2.05, 4.69) is 10.3 Å². The van der Waals surface area contributed by atoms with Gasteiger partial charge in [-0.25, -0.2) is 4.98 Å². The fourth-order valence-electron chi connectivity index (χ4n) is 1.25. The fourth-order valence-corrected chi connectivity index (χ4v) is 1.40. The van der Waals surface area contributed by atoms with E-state index in [1.807, 2.05) is 11.6 Å². The van der Waals surface area contributed by atoms with Crippen LogP contribution in [0.1, 0.15) is 12.2 Å². The first-order valence-corrected chi connectivity index (χ1v) is 5.69. The van der Waals surface area contributed by atoms with Gasteiger partial charge in [0.2, 0.25) is 0 Å². The SMILES string of the molecule is Cn1c(Cl)cnc1CNCCCOCCO. The molecule has 0 bridgehead atoms. The zero-order chi connectivity index (χ0) is 11.8. The van der Waals surface area contributed by atoms with Crippen LogP contribution in [0.15, 0.2) is 6.20 Å². The summed E-state index contributed by atoms with van der Waals surface area (Å²) in [6.07, 6.45) is 2.56. The lowest BCUT2D eigenvalue weighted by Gasteiger charge is -2.05. The van der Waals surface area contributed by atoms with E-state index in [0.717, 1.165) is 18.8 Å². The summed E-state index contributed by atoms with van der Waals surface area (Å²) in [7, 11) is 1.89. The minimum Gasteiger partial charge on any atom is -0.394 e. The number of rotatable bonds is 8. The molecular formula is C10H18ClN3O2. The Bertz CT molecular complexity index is 304. The molecule has 0 radical (unpaired) electrons. The zero-order valence-corrected chi connectivity index (χ0v) is 10.2. The van der Waals surface area contributed by atoms with E-state index < -0.39 is 0 Å². The van der Waals surface area contributed by atoms with Crippen molar-refractivity contribution in [1.29, 1.82) is 0 Å². The second-order valence-electron chi connectivity index (χ2n) is 3.42. The van der Waals surface area contributed by atoms with Gasteiger partial charge in [-0.1, -0.05) is 11.6 Å². The van der Waals surface area contributed by atoms with E-state index >= 15 is 0 Å². The number of hydrogen-bond donors (Lipinski definition) is 2. The second kappa shape index (κ2) is 7.62. The number of aliphatic hydroxyl groups is 1. The summed E-state index contributed by atoms with van der Waals surface area (Å²) in [4.78, 5) is 4.17. The molecule has 0 fully saturated rings. The average Bonchev–Trinajstić information content (AvgIpc) is 2.59. The molecule has 6 heteroatoms. The largest absolute Gasteiger partial charge is 0.394 e. The lowest BCUT2D eigenvalue weighted by atomic mass is 10.4. The monoisotopic (exact) mass is 247 g/mol. The molecule has 0 aliphatic heterocycles. The van der Waals surface area contributed by atoms with Crippen molar-refractivity contribution in [2.45, 2.75) is 13.0 Å². The predicted octanol–water partition coefficient (Wildman–Crippen LogP) is 0.562. The van der Waals surface area contributed by atoms with E-state index in [0.29, 0.717) is 24.9 Å².